The number of phosphoric acid groups is 1. The highest BCUT2D eigenvalue weighted by Crippen LogP contribution is 2.47. The number of hydrogen-bond donors (Lipinski definition) is 5. The number of H-pyrrole nitrogens is 1. The van der Waals surface area contributed by atoms with Crippen molar-refractivity contribution in [1.29, 1.82) is 0 Å². The second-order valence-corrected chi connectivity index (χ2v) is 7.50. The van der Waals surface area contributed by atoms with Gasteiger partial charge < -0.3 is 26.0 Å². The Bertz CT molecular complexity index is 742. The fourth-order valence-electron chi connectivity index (χ4n) is 3.35. The molecule has 1 aliphatic carbocycles. The number of phosphoric ester groups is 1. The third-order valence-corrected chi connectivity index (χ3v) is 5.68. The van der Waals surface area contributed by atoms with Gasteiger partial charge in [-0.3, -0.25) is 18.8 Å². The van der Waals surface area contributed by atoms with E-state index in [1.165, 1.54) is 0 Å². The number of aromatic nitrogens is 2. The summed E-state index contributed by atoms with van der Waals surface area (Å²) in [4.78, 5) is 29.8. The van der Waals surface area contributed by atoms with Gasteiger partial charge in [0.25, 0.3) is 5.56 Å². The predicted molar refractivity (Wildman–Crippen MR) is 90.1 cm³/mol. The molecule has 0 bridgehead atoms. The first-order chi connectivity index (χ1) is 11.9. The molecule has 1 saturated carbocycles. The maximum Gasteiger partial charge on any atom is 0.472 e. The maximum atomic E-state index is 11.9. The van der Waals surface area contributed by atoms with Gasteiger partial charge >= 0.3 is 7.82 Å². The molecule has 1 fully saturated rings. The van der Waals surface area contributed by atoms with Crippen LogP contribution in [-0.2, 0) is 13.6 Å². The van der Waals surface area contributed by atoms with Crippen LogP contribution in [0.5, 0.6) is 0 Å². The number of nitrogens with one attached hydrogen (secondary N) is 2. The maximum absolute atomic E-state index is 11.9. The number of fused-ring (bicyclic) bond motifs is 1. The van der Waals surface area contributed by atoms with Crippen molar-refractivity contribution in [2.45, 2.75) is 19.4 Å². The molecule has 0 amide bonds. The van der Waals surface area contributed by atoms with Gasteiger partial charge in [0.05, 0.1) is 19.9 Å². The lowest BCUT2D eigenvalue weighted by molar-refractivity contribution is 0.0175. The van der Waals surface area contributed by atoms with Crippen molar-refractivity contribution in [1.82, 2.24) is 9.97 Å². The molecule has 140 valence electrons. The molecule has 0 aromatic carbocycles. The van der Waals surface area contributed by atoms with E-state index in [1.54, 1.807) is 6.92 Å². The number of nitrogens with zero attached hydrogens (tertiary/aromatic N) is 2. The zero-order valence-corrected chi connectivity index (χ0v) is 14.6. The van der Waals surface area contributed by atoms with Gasteiger partial charge in [-0.15, -0.1) is 0 Å². The zero-order valence-electron chi connectivity index (χ0n) is 13.7. The molecule has 3 rings (SSSR count). The van der Waals surface area contributed by atoms with Crippen molar-refractivity contribution >= 4 is 25.3 Å². The summed E-state index contributed by atoms with van der Waals surface area (Å²) in [7, 11) is -4.06. The summed E-state index contributed by atoms with van der Waals surface area (Å²) in [5.74, 6) is 0.192. The second-order valence-electron chi connectivity index (χ2n) is 6.05. The Kier molecular flexibility index (Phi) is 5.03. The minimum atomic E-state index is -4.06. The van der Waals surface area contributed by atoms with E-state index in [-0.39, 0.29) is 49.2 Å². The van der Waals surface area contributed by atoms with Crippen LogP contribution in [0.15, 0.2) is 4.79 Å². The molecule has 0 saturated heterocycles. The van der Waals surface area contributed by atoms with Gasteiger partial charge in [0.1, 0.15) is 5.69 Å². The summed E-state index contributed by atoms with van der Waals surface area (Å²) in [6.07, 6.45) is 0.618. The van der Waals surface area contributed by atoms with Crippen LogP contribution in [0, 0.1) is 11.8 Å². The Morgan fingerprint density at radius 3 is 2.92 bits per heavy atom. The molecule has 6 N–H and O–H groups in total. The Hall–Kier alpha value is -1.65. The molecule has 1 aromatic heterocycles. The zero-order chi connectivity index (χ0) is 18.2. The van der Waals surface area contributed by atoms with Gasteiger partial charge in [-0.2, -0.15) is 4.98 Å². The lowest BCUT2D eigenvalue weighted by Gasteiger charge is -2.48. The topological polar surface area (TPSA) is 163 Å². The molecular weight excluding hydrogens is 353 g/mol. The van der Waals surface area contributed by atoms with E-state index in [2.05, 4.69) is 19.8 Å². The smallest absolute Gasteiger partial charge is 0.396 e. The van der Waals surface area contributed by atoms with Crippen LogP contribution in [0.1, 0.15) is 13.3 Å². The van der Waals surface area contributed by atoms with Gasteiger partial charge in [0.15, 0.2) is 5.82 Å². The normalized spacial score (nSPS) is 27.3. The molecule has 4 atom stereocenters. The molecule has 1 aliphatic heterocycles. The highest BCUT2D eigenvalue weighted by molar-refractivity contribution is 7.47. The molecule has 1 aromatic rings. The number of aliphatic hydroxyl groups is 1. The third kappa shape index (κ3) is 3.51. The highest BCUT2D eigenvalue weighted by Gasteiger charge is 2.47. The van der Waals surface area contributed by atoms with E-state index in [0.29, 0.717) is 24.6 Å². The van der Waals surface area contributed by atoms with E-state index >= 15 is 0 Å². The fourth-order valence-corrected chi connectivity index (χ4v) is 4.13. The summed E-state index contributed by atoms with van der Waals surface area (Å²) in [6.45, 7) is 1.94. The summed E-state index contributed by atoms with van der Waals surface area (Å²) in [5.41, 5.74) is 5.61. The van der Waals surface area contributed by atoms with Crippen molar-refractivity contribution in [3.63, 3.8) is 0 Å². The Morgan fingerprint density at radius 1 is 1.48 bits per heavy atom. The number of nitrogens with two attached hydrogens (primary N) is 1. The predicted octanol–water partition coefficient (Wildman–Crippen LogP) is -0.308. The van der Waals surface area contributed by atoms with Crippen LogP contribution in [0.4, 0.5) is 17.5 Å². The van der Waals surface area contributed by atoms with Crippen molar-refractivity contribution in [2.75, 3.05) is 42.4 Å². The summed E-state index contributed by atoms with van der Waals surface area (Å²) < 4.78 is 21.2. The van der Waals surface area contributed by atoms with Gasteiger partial charge in [0, 0.05) is 18.6 Å². The number of nitrogen functional groups attached to an aromatic ring is 1. The van der Waals surface area contributed by atoms with E-state index in [1.807, 2.05) is 4.90 Å². The number of hydrogen-bond acceptors (Lipinski definition) is 9. The Morgan fingerprint density at radius 2 is 2.24 bits per heavy atom. The number of aliphatic hydroxyl groups excluding tert-OH is 1. The van der Waals surface area contributed by atoms with Gasteiger partial charge in [-0.25, -0.2) is 4.57 Å². The van der Waals surface area contributed by atoms with E-state index in [0.717, 1.165) is 0 Å². The minimum Gasteiger partial charge on any atom is -0.396 e. The number of anilines is 3. The SMILES string of the molecule is CCOP(=O)(O)OCC1CC(N2CNc3c2nc(N)[nH]c3=O)C1CO. The van der Waals surface area contributed by atoms with E-state index in [9.17, 15) is 19.4 Å². The first kappa shape index (κ1) is 18.2. The van der Waals surface area contributed by atoms with Gasteiger partial charge in [-0.05, 0) is 19.3 Å². The lowest BCUT2D eigenvalue weighted by Crippen LogP contribution is -2.55. The van der Waals surface area contributed by atoms with Crippen LogP contribution in [-0.4, -0.2) is 52.5 Å². The summed E-state index contributed by atoms with van der Waals surface area (Å²) in [6, 6.07) is -0.0776. The van der Waals surface area contributed by atoms with Crippen molar-refractivity contribution in [2.24, 2.45) is 11.8 Å². The van der Waals surface area contributed by atoms with Crippen LogP contribution in [0.25, 0.3) is 0 Å². The lowest BCUT2D eigenvalue weighted by atomic mass is 9.69. The highest BCUT2D eigenvalue weighted by atomic mass is 31.2. The molecule has 4 unspecified atom stereocenters. The molecule has 11 nitrogen and oxygen atoms in total. The van der Waals surface area contributed by atoms with Crippen LogP contribution < -0.4 is 21.5 Å². The van der Waals surface area contributed by atoms with Crippen LogP contribution >= 0.6 is 7.82 Å². The molecule has 25 heavy (non-hydrogen) atoms. The van der Waals surface area contributed by atoms with E-state index < -0.39 is 7.82 Å². The molecule has 0 radical (unpaired) electrons. The van der Waals surface area contributed by atoms with E-state index in [4.69, 9.17) is 10.3 Å². The summed E-state index contributed by atoms with van der Waals surface area (Å²) in [5, 5.41) is 12.7. The second kappa shape index (κ2) is 6.93. The van der Waals surface area contributed by atoms with Crippen molar-refractivity contribution < 1.29 is 23.6 Å². The fraction of sp³-hybridized carbons (Fsp3) is 0.692. The summed E-state index contributed by atoms with van der Waals surface area (Å²) >= 11 is 0. The third-order valence-electron chi connectivity index (χ3n) is 4.62. The quantitative estimate of drug-likeness (QED) is 0.399. The minimum absolute atomic E-state index is 0.00850. The number of aromatic amines is 1. The Balaban J connectivity index is 1.67. The molecular formula is C13H22N5O6P. The average Bonchev–Trinajstić information content (AvgIpc) is 2.90. The standard InChI is InChI=1S/C13H22N5O6P/c1-2-23-25(21,22)24-5-7-3-9(8(7)4-19)18-6-15-10-11(18)16-13(14)17-12(10)20/h7-9,15,19H,2-6H2,1H3,(H,21,22)(H3,14,16,17,20). The van der Waals surface area contributed by atoms with Crippen LogP contribution in [0.3, 0.4) is 0 Å². The van der Waals surface area contributed by atoms with Gasteiger partial charge in [0.2, 0.25) is 5.95 Å². The molecule has 2 aliphatic rings. The van der Waals surface area contributed by atoms with Crippen molar-refractivity contribution in [3.05, 3.63) is 10.4 Å². The molecule has 2 heterocycles. The first-order valence-corrected chi connectivity index (χ1v) is 9.49. The first-order valence-electron chi connectivity index (χ1n) is 7.99. The van der Waals surface area contributed by atoms with Crippen LogP contribution in [0.2, 0.25) is 0 Å². The average molecular weight is 375 g/mol. The number of rotatable bonds is 7. The monoisotopic (exact) mass is 375 g/mol. The largest absolute Gasteiger partial charge is 0.472 e. The Labute approximate surface area is 143 Å². The molecule has 12 heteroatoms. The van der Waals surface area contributed by atoms with Gasteiger partial charge in [-0.1, -0.05) is 0 Å². The van der Waals surface area contributed by atoms with Crippen molar-refractivity contribution in [3.8, 4) is 0 Å². The molecule has 0 spiro atoms.